The second-order valence-corrected chi connectivity index (χ2v) is 12.3. The molecule has 0 aliphatic heterocycles. The van der Waals surface area contributed by atoms with Gasteiger partial charge in [-0.25, -0.2) is 0 Å². The Bertz CT molecular complexity index is 890. The van der Waals surface area contributed by atoms with Gasteiger partial charge in [0.2, 0.25) is 0 Å². The minimum absolute atomic E-state index is 0.0912. The summed E-state index contributed by atoms with van der Waals surface area (Å²) in [5.41, 5.74) is 2.93. The van der Waals surface area contributed by atoms with Crippen molar-refractivity contribution >= 4 is 23.3 Å². The average molecular weight is 437 g/mol. The van der Waals surface area contributed by atoms with Crippen LogP contribution in [-0.2, 0) is 16.0 Å². The van der Waals surface area contributed by atoms with E-state index in [2.05, 4.69) is 55.9 Å². The fourth-order valence-electron chi connectivity index (χ4n) is 7.60. The van der Waals surface area contributed by atoms with E-state index in [-0.39, 0.29) is 10.8 Å². The molecular formula is C28H36O2S. The fraction of sp³-hybridized carbons (Fsp3) is 0.643. The molecule has 3 fully saturated rings. The van der Waals surface area contributed by atoms with E-state index in [0.29, 0.717) is 41.0 Å². The largest absolute Gasteiger partial charge is 0.299 e. The number of rotatable bonds is 5. The highest BCUT2D eigenvalue weighted by Crippen LogP contribution is 2.65. The summed E-state index contributed by atoms with van der Waals surface area (Å²) in [5, 5.41) is 0.557. The molecule has 0 amide bonds. The molecule has 0 saturated heterocycles. The van der Waals surface area contributed by atoms with Crippen LogP contribution in [0.2, 0.25) is 0 Å². The second-order valence-electron chi connectivity index (χ2n) is 11.0. The molecule has 0 radical (unpaired) electrons. The van der Waals surface area contributed by atoms with Crippen molar-refractivity contribution < 1.29 is 9.59 Å². The number of hydrogen-bond acceptors (Lipinski definition) is 3. The van der Waals surface area contributed by atoms with Gasteiger partial charge in [0.05, 0.1) is 0 Å². The van der Waals surface area contributed by atoms with Gasteiger partial charge in [-0.15, -0.1) is 0 Å². The van der Waals surface area contributed by atoms with E-state index in [1.54, 1.807) is 0 Å². The van der Waals surface area contributed by atoms with Crippen molar-refractivity contribution in [2.24, 2.45) is 28.6 Å². The number of aryl methyl sites for hydroxylation is 1. The highest BCUT2D eigenvalue weighted by atomic mass is 32.2. The number of carbonyl (C=O) groups is 2. The van der Waals surface area contributed by atoms with Crippen molar-refractivity contribution in [3.8, 4) is 0 Å². The summed E-state index contributed by atoms with van der Waals surface area (Å²) in [6.45, 7) is 4.72. The molecule has 6 atom stereocenters. The van der Waals surface area contributed by atoms with Crippen molar-refractivity contribution in [3.63, 3.8) is 0 Å². The summed E-state index contributed by atoms with van der Waals surface area (Å²) in [7, 11) is 0. The molecule has 0 unspecified atom stereocenters. The minimum atomic E-state index is -0.0912. The minimum Gasteiger partial charge on any atom is -0.299 e. The van der Waals surface area contributed by atoms with Gasteiger partial charge < -0.3 is 0 Å². The number of allylic oxidation sites excluding steroid dienone is 1. The van der Waals surface area contributed by atoms with Gasteiger partial charge in [0.1, 0.15) is 5.78 Å². The van der Waals surface area contributed by atoms with Gasteiger partial charge in [-0.2, -0.15) is 11.8 Å². The smallest absolute Gasteiger partial charge is 0.155 e. The Morgan fingerprint density at radius 2 is 1.74 bits per heavy atom. The Kier molecular flexibility index (Phi) is 5.69. The number of fused-ring (bicyclic) bond motifs is 5. The molecule has 0 spiro atoms. The second kappa shape index (κ2) is 8.21. The molecule has 3 heteroatoms. The number of Topliss-reactive ketones (excluding diaryl/α,β-unsaturated/α-hetero) is 1. The maximum absolute atomic E-state index is 12.9. The molecule has 4 aliphatic carbocycles. The maximum Gasteiger partial charge on any atom is 0.155 e. The quantitative estimate of drug-likeness (QED) is 0.499. The summed E-state index contributed by atoms with van der Waals surface area (Å²) < 4.78 is 0. The summed E-state index contributed by atoms with van der Waals surface area (Å²) in [5.74, 6) is 3.82. The van der Waals surface area contributed by atoms with E-state index in [9.17, 15) is 9.59 Å². The SMILES string of the molecule is C[C@]12CCC(=O)C=C1C[C@@H](SCCCc1ccccc1)[C@@H]1[C@@H]2CC[C@]2(C)C(=O)CC[C@@H]12. The lowest BCUT2D eigenvalue weighted by molar-refractivity contribution is -0.132. The van der Waals surface area contributed by atoms with Gasteiger partial charge >= 0.3 is 0 Å². The summed E-state index contributed by atoms with van der Waals surface area (Å²) in [4.78, 5) is 25.2. The zero-order valence-electron chi connectivity index (χ0n) is 19.1. The van der Waals surface area contributed by atoms with E-state index in [1.807, 2.05) is 6.08 Å². The van der Waals surface area contributed by atoms with E-state index < -0.39 is 0 Å². The molecule has 0 heterocycles. The summed E-state index contributed by atoms with van der Waals surface area (Å²) in [6, 6.07) is 10.8. The lowest BCUT2D eigenvalue weighted by atomic mass is 9.47. The topological polar surface area (TPSA) is 34.1 Å². The standard InChI is InChI=1S/C28H36O2S/c1-27-14-12-21(29)17-20(27)18-24(31-16-6-9-19-7-4-3-5-8-19)26-22-10-11-25(30)28(22,2)15-13-23(26)27/h3-5,7-8,17,22-24,26H,6,9-16,18H2,1-2H3/t22-,23-,24+,26-,27-,28-/m0/s1. The van der Waals surface area contributed by atoms with Crippen LogP contribution in [0.25, 0.3) is 0 Å². The normalized spacial score (nSPS) is 39.5. The Hall–Kier alpha value is -1.35. The molecule has 1 aromatic rings. The zero-order valence-corrected chi connectivity index (χ0v) is 19.9. The van der Waals surface area contributed by atoms with Crippen LogP contribution in [0, 0.1) is 28.6 Å². The van der Waals surface area contributed by atoms with Gasteiger partial charge in [-0.05, 0) is 85.5 Å². The maximum atomic E-state index is 12.9. The number of thioether (sulfide) groups is 1. The van der Waals surface area contributed by atoms with Crippen molar-refractivity contribution in [3.05, 3.63) is 47.5 Å². The first kappa shape index (κ1) is 21.5. The van der Waals surface area contributed by atoms with Crippen molar-refractivity contribution in [1.82, 2.24) is 0 Å². The van der Waals surface area contributed by atoms with Gasteiger partial charge in [-0.1, -0.05) is 49.8 Å². The van der Waals surface area contributed by atoms with Crippen LogP contribution in [0.1, 0.15) is 70.8 Å². The highest BCUT2D eigenvalue weighted by Gasteiger charge is 2.61. The monoisotopic (exact) mass is 436 g/mol. The third-order valence-corrected chi connectivity index (χ3v) is 10.9. The summed E-state index contributed by atoms with van der Waals surface area (Å²) in [6.07, 6.45) is 11.2. The van der Waals surface area contributed by atoms with Crippen LogP contribution in [0.5, 0.6) is 0 Å². The van der Waals surface area contributed by atoms with Crippen LogP contribution in [0.3, 0.4) is 0 Å². The number of ketones is 2. The third kappa shape index (κ3) is 3.65. The van der Waals surface area contributed by atoms with Crippen LogP contribution >= 0.6 is 11.8 Å². The van der Waals surface area contributed by atoms with Crippen LogP contribution in [0.15, 0.2) is 42.0 Å². The fourth-order valence-corrected chi connectivity index (χ4v) is 9.11. The molecule has 5 rings (SSSR count). The van der Waals surface area contributed by atoms with E-state index in [1.165, 1.54) is 17.6 Å². The van der Waals surface area contributed by atoms with Crippen LogP contribution in [0.4, 0.5) is 0 Å². The molecule has 2 nitrogen and oxygen atoms in total. The average Bonchev–Trinajstić information content (AvgIpc) is 3.07. The molecule has 1 aromatic carbocycles. The summed E-state index contributed by atoms with van der Waals surface area (Å²) >= 11 is 2.14. The first-order valence-corrected chi connectivity index (χ1v) is 13.4. The van der Waals surface area contributed by atoms with Crippen molar-refractivity contribution in [1.29, 1.82) is 0 Å². The van der Waals surface area contributed by atoms with E-state index in [4.69, 9.17) is 0 Å². The molecular weight excluding hydrogens is 400 g/mol. The molecule has 166 valence electrons. The first-order valence-electron chi connectivity index (χ1n) is 12.3. The Morgan fingerprint density at radius 3 is 2.55 bits per heavy atom. The van der Waals surface area contributed by atoms with Gasteiger partial charge in [0.25, 0.3) is 0 Å². The molecule has 0 N–H and O–H groups in total. The van der Waals surface area contributed by atoms with Crippen molar-refractivity contribution in [2.45, 2.75) is 76.9 Å². The highest BCUT2D eigenvalue weighted by molar-refractivity contribution is 7.99. The number of hydrogen-bond donors (Lipinski definition) is 0. The van der Waals surface area contributed by atoms with Gasteiger partial charge in [-0.3, -0.25) is 9.59 Å². The Morgan fingerprint density at radius 1 is 0.968 bits per heavy atom. The third-order valence-electron chi connectivity index (χ3n) is 9.45. The Balaban J connectivity index is 1.37. The number of benzene rings is 1. The molecule has 0 aromatic heterocycles. The van der Waals surface area contributed by atoms with Crippen LogP contribution < -0.4 is 0 Å². The van der Waals surface area contributed by atoms with Gasteiger partial charge in [0.15, 0.2) is 5.78 Å². The predicted octanol–water partition coefficient (Wildman–Crippen LogP) is 6.43. The zero-order chi connectivity index (χ0) is 21.6. The predicted molar refractivity (Wildman–Crippen MR) is 128 cm³/mol. The lowest BCUT2D eigenvalue weighted by Crippen LogP contribution is -2.54. The van der Waals surface area contributed by atoms with Crippen LogP contribution in [-0.4, -0.2) is 22.6 Å². The molecule has 4 aliphatic rings. The lowest BCUT2D eigenvalue weighted by Gasteiger charge is -2.59. The van der Waals surface area contributed by atoms with E-state index >= 15 is 0 Å². The van der Waals surface area contributed by atoms with E-state index in [0.717, 1.165) is 50.7 Å². The molecule has 3 saturated carbocycles. The van der Waals surface area contributed by atoms with Gasteiger partial charge in [0, 0.05) is 23.5 Å². The molecule has 31 heavy (non-hydrogen) atoms. The molecule has 0 bridgehead atoms. The number of carbonyl (C=O) groups excluding carboxylic acids is 2. The van der Waals surface area contributed by atoms with Crippen molar-refractivity contribution in [2.75, 3.05) is 5.75 Å². The first-order chi connectivity index (χ1) is 14.9. The Labute approximate surface area is 191 Å².